The molecule has 19 heavy (non-hydrogen) atoms. The average molecular weight is 276 g/mol. The number of benzene rings is 1. The van der Waals surface area contributed by atoms with E-state index >= 15 is 0 Å². The van der Waals surface area contributed by atoms with Crippen LogP contribution in [0, 0.1) is 13.8 Å². The maximum atomic E-state index is 11.8. The fraction of sp³-hybridized carbons (Fsp3) is 0.143. The number of hydrogen-bond donors (Lipinski definition) is 2. The number of halogens is 1. The topological polar surface area (TPSA) is 57.2 Å². The average Bonchev–Trinajstić information content (AvgIpc) is 2.68. The molecule has 2 rings (SSSR count). The lowest BCUT2D eigenvalue weighted by Gasteiger charge is -1.99. The Kier molecular flexibility index (Phi) is 4.02. The number of hydrazone groups is 1. The van der Waals surface area contributed by atoms with Gasteiger partial charge < -0.3 is 4.98 Å². The van der Waals surface area contributed by atoms with Gasteiger partial charge in [0.1, 0.15) is 0 Å². The highest BCUT2D eigenvalue weighted by molar-refractivity contribution is 6.30. The van der Waals surface area contributed by atoms with Gasteiger partial charge in [0.25, 0.3) is 5.91 Å². The molecular weight excluding hydrogens is 262 g/mol. The Morgan fingerprint density at radius 2 is 2.16 bits per heavy atom. The minimum absolute atomic E-state index is 0.288. The molecule has 98 valence electrons. The third-order valence-electron chi connectivity index (χ3n) is 2.65. The first-order valence-electron chi connectivity index (χ1n) is 5.81. The van der Waals surface area contributed by atoms with Crippen molar-refractivity contribution in [2.45, 2.75) is 13.8 Å². The summed E-state index contributed by atoms with van der Waals surface area (Å²) in [6.45, 7) is 3.92. The van der Waals surface area contributed by atoms with Crippen LogP contribution in [0.1, 0.15) is 27.3 Å². The summed E-state index contributed by atoms with van der Waals surface area (Å²) in [6.07, 6.45) is 1.61. The van der Waals surface area contributed by atoms with E-state index in [1.165, 1.54) is 0 Å². The maximum Gasteiger partial charge on any atom is 0.271 e. The predicted molar refractivity (Wildman–Crippen MR) is 76.8 cm³/mol. The van der Waals surface area contributed by atoms with Gasteiger partial charge in [-0.3, -0.25) is 4.79 Å². The highest BCUT2D eigenvalue weighted by atomic mass is 35.5. The zero-order valence-corrected chi connectivity index (χ0v) is 11.5. The van der Waals surface area contributed by atoms with Crippen LogP contribution in [0.4, 0.5) is 0 Å². The van der Waals surface area contributed by atoms with Crippen LogP contribution in [0.15, 0.2) is 35.4 Å². The van der Waals surface area contributed by atoms with Crippen molar-refractivity contribution in [3.8, 4) is 0 Å². The number of hydrogen-bond acceptors (Lipinski definition) is 2. The van der Waals surface area contributed by atoms with Crippen molar-refractivity contribution in [1.82, 2.24) is 10.4 Å². The Morgan fingerprint density at radius 1 is 1.37 bits per heavy atom. The first-order chi connectivity index (χ1) is 9.06. The second-order valence-corrected chi connectivity index (χ2v) is 4.68. The summed E-state index contributed by atoms with van der Waals surface area (Å²) in [5.74, 6) is -0.288. The van der Waals surface area contributed by atoms with Gasteiger partial charge >= 0.3 is 0 Å². The van der Waals surface area contributed by atoms with Crippen molar-refractivity contribution in [1.29, 1.82) is 0 Å². The van der Waals surface area contributed by atoms with Crippen LogP contribution in [0.3, 0.4) is 0 Å². The molecule has 2 N–H and O–H groups in total. The van der Waals surface area contributed by atoms with Gasteiger partial charge in [-0.05, 0) is 38.1 Å². The Hall–Kier alpha value is -2.07. The van der Waals surface area contributed by atoms with Crippen molar-refractivity contribution < 1.29 is 4.79 Å². The largest absolute Gasteiger partial charge is 0.362 e. The van der Waals surface area contributed by atoms with Gasteiger partial charge in [0.05, 0.1) is 6.21 Å². The predicted octanol–water partition coefficient (Wildman–Crippen LogP) is 3.05. The molecule has 0 unspecified atom stereocenters. The summed E-state index contributed by atoms with van der Waals surface area (Å²) in [7, 11) is 0. The number of carbonyl (C=O) groups excluding carboxylic acids is 1. The number of aromatic amines is 1. The zero-order valence-electron chi connectivity index (χ0n) is 10.7. The van der Waals surface area contributed by atoms with Gasteiger partial charge in [0.15, 0.2) is 0 Å². The number of H-pyrrole nitrogens is 1. The monoisotopic (exact) mass is 275 g/mol. The lowest BCUT2D eigenvalue weighted by Crippen LogP contribution is -2.17. The van der Waals surface area contributed by atoms with Gasteiger partial charge in [0.2, 0.25) is 0 Å². The molecule has 0 aliphatic heterocycles. The van der Waals surface area contributed by atoms with E-state index in [1.54, 1.807) is 30.5 Å². The lowest BCUT2D eigenvalue weighted by atomic mass is 10.2. The second kappa shape index (κ2) is 5.71. The molecule has 5 heteroatoms. The smallest absolute Gasteiger partial charge is 0.271 e. The fourth-order valence-corrected chi connectivity index (χ4v) is 1.92. The number of carbonyl (C=O) groups is 1. The molecule has 1 amide bonds. The number of aryl methyl sites for hydroxylation is 2. The SMILES string of the molecule is Cc1cc(/C=N/NC(=O)c2cccc(Cl)c2)c(C)[nH]1. The summed E-state index contributed by atoms with van der Waals surface area (Å²) in [4.78, 5) is 14.9. The summed E-state index contributed by atoms with van der Waals surface area (Å²) in [5.41, 5.74) is 5.96. The molecule has 0 atom stereocenters. The van der Waals surface area contributed by atoms with Crippen LogP contribution >= 0.6 is 11.6 Å². The first-order valence-corrected chi connectivity index (χ1v) is 6.19. The summed E-state index contributed by atoms with van der Waals surface area (Å²) < 4.78 is 0. The molecule has 1 aromatic heterocycles. The van der Waals surface area contributed by atoms with Gasteiger partial charge in [-0.25, -0.2) is 5.43 Å². The Morgan fingerprint density at radius 3 is 2.79 bits per heavy atom. The summed E-state index contributed by atoms with van der Waals surface area (Å²) in [5, 5.41) is 4.46. The van der Waals surface area contributed by atoms with E-state index in [9.17, 15) is 4.79 Å². The highest BCUT2D eigenvalue weighted by Gasteiger charge is 2.04. The number of nitrogens with one attached hydrogen (secondary N) is 2. The molecule has 0 saturated carbocycles. The van der Waals surface area contributed by atoms with Gasteiger partial charge in [-0.2, -0.15) is 5.10 Å². The van der Waals surface area contributed by atoms with E-state index in [1.807, 2.05) is 19.9 Å². The van der Waals surface area contributed by atoms with Crippen molar-refractivity contribution in [3.05, 3.63) is 57.9 Å². The molecule has 4 nitrogen and oxygen atoms in total. The van der Waals surface area contributed by atoms with Gasteiger partial charge in [-0.15, -0.1) is 0 Å². The normalized spacial score (nSPS) is 10.9. The lowest BCUT2D eigenvalue weighted by molar-refractivity contribution is 0.0955. The molecule has 0 aliphatic rings. The Labute approximate surface area is 116 Å². The van der Waals surface area contributed by atoms with Crippen LogP contribution in [-0.2, 0) is 0 Å². The van der Waals surface area contributed by atoms with Crippen LogP contribution in [-0.4, -0.2) is 17.1 Å². The van der Waals surface area contributed by atoms with Crippen molar-refractivity contribution >= 4 is 23.7 Å². The molecule has 0 spiro atoms. The Bertz CT molecular complexity index is 631. The van der Waals surface area contributed by atoms with Gasteiger partial charge in [-0.1, -0.05) is 17.7 Å². The van der Waals surface area contributed by atoms with Crippen LogP contribution in [0.5, 0.6) is 0 Å². The van der Waals surface area contributed by atoms with E-state index in [2.05, 4.69) is 15.5 Å². The molecule has 0 bridgehead atoms. The molecule has 0 saturated heterocycles. The van der Waals surface area contributed by atoms with Crippen LogP contribution in [0.25, 0.3) is 0 Å². The highest BCUT2D eigenvalue weighted by Crippen LogP contribution is 2.10. The summed E-state index contributed by atoms with van der Waals surface area (Å²) >= 11 is 5.82. The van der Waals surface area contributed by atoms with Crippen LogP contribution in [0.2, 0.25) is 5.02 Å². The Balaban J connectivity index is 2.03. The van der Waals surface area contributed by atoms with E-state index in [0.29, 0.717) is 10.6 Å². The molecule has 1 aromatic carbocycles. The number of aromatic nitrogens is 1. The third kappa shape index (κ3) is 3.45. The van der Waals surface area contributed by atoms with Crippen molar-refractivity contribution in [2.75, 3.05) is 0 Å². The standard InChI is InChI=1S/C14H14ClN3O/c1-9-6-12(10(2)17-9)8-16-18-14(19)11-4-3-5-13(15)7-11/h3-8,17H,1-2H3,(H,18,19)/b16-8+. The number of nitrogens with zero attached hydrogens (tertiary/aromatic N) is 1. The van der Waals surface area contributed by atoms with E-state index in [4.69, 9.17) is 11.6 Å². The minimum atomic E-state index is -0.288. The first kappa shape index (κ1) is 13.4. The van der Waals surface area contributed by atoms with Gasteiger partial charge in [0, 0.05) is 27.5 Å². The van der Waals surface area contributed by atoms with E-state index in [-0.39, 0.29) is 5.91 Å². The molecule has 1 heterocycles. The number of rotatable bonds is 3. The second-order valence-electron chi connectivity index (χ2n) is 4.24. The van der Waals surface area contributed by atoms with Crippen molar-refractivity contribution in [3.63, 3.8) is 0 Å². The fourth-order valence-electron chi connectivity index (χ4n) is 1.73. The zero-order chi connectivity index (χ0) is 13.8. The van der Waals surface area contributed by atoms with Crippen molar-refractivity contribution in [2.24, 2.45) is 5.10 Å². The van der Waals surface area contributed by atoms with E-state index in [0.717, 1.165) is 17.0 Å². The quantitative estimate of drug-likeness (QED) is 0.656. The number of amides is 1. The molecular formula is C14H14ClN3O. The molecule has 0 fully saturated rings. The molecule has 0 aliphatic carbocycles. The van der Waals surface area contributed by atoms with Crippen LogP contribution < -0.4 is 5.43 Å². The molecule has 0 radical (unpaired) electrons. The third-order valence-corrected chi connectivity index (χ3v) is 2.88. The molecule has 2 aromatic rings. The minimum Gasteiger partial charge on any atom is -0.362 e. The maximum absolute atomic E-state index is 11.8. The summed E-state index contributed by atoms with van der Waals surface area (Å²) in [6, 6.07) is 8.68. The van der Waals surface area contributed by atoms with E-state index < -0.39 is 0 Å².